The van der Waals surface area contributed by atoms with Gasteiger partial charge in [-0.15, -0.1) is 0 Å². The number of carbonyl (C=O) groups excluding carboxylic acids is 2. The standard InChI is InChI=1S/C27H24N6O4/c1-3-23(26(34)31-24-12-17(2)37-32-24)36-27(35)20-13-22(19-9-5-4-6-10-19)30-25-21(20)15-29-33(25)16-18-8-7-11-28-14-18/h4-15,23H,3,16H2,1-2H3,(H,31,32,34)/t23-/m1/s1. The third kappa shape index (κ3) is 5.22. The summed E-state index contributed by atoms with van der Waals surface area (Å²) in [6, 6.07) is 16.6. The largest absolute Gasteiger partial charge is 0.449 e. The molecule has 1 atom stereocenters. The number of rotatable bonds is 8. The van der Waals surface area contributed by atoms with Gasteiger partial charge in [0.1, 0.15) is 5.76 Å². The number of ether oxygens (including phenoxy) is 1. The van der Waals surface area contributed by atoms with Crippen molar-refractivity contribution in [2.24, 2.45) is 0 Å². The molecule has 0 bridgehead atoms. The molecule has 5 aromatic rings. The number of hydrogen-bond donors (Lipinski definition) is 1. The summed E-state index contributed by atoms with van der Waals surface area (Å²) in [6.07, 6.45) is 4.29. The molecule has 0 fully saturated rings. The van der Waals surface area contributed by atoms with Crippen LogP contribution in [0.1, 0.15) is 35.0 Å². The normalized spacial score (nSPS) is 11.8. The van der Waals surface area contributed by atoms with Crippen LogP contribution in [-0.4, -0.2) is 42.9 Å². The number of nitrogens with zero attached hydrogens (tertiary/aromatic N) is 5. The summed E-state index contributed by atoms with van der Waals surface area (Å²) in [5.74, 6) is -0.337. The van der Waals surface area contributed by atoms with Crippen LogP contribution in [0.4, 0.5) is 5.82 Å². The number of pyridine rings is 2. The van der Waals surface area contributed by atoms with Crippen LogP contribution >= 0.6 is 0 Å². The van der Waals surface area contributed by atoms with E-state index in [1.807, 2.05) is 42.5 Å². The van der Waals surface area contributed by atoms with Crippen LogP contribution in [0.5, 0.6) is 0 Å². The number of esters is 1. The molecular formula is C27H24N6O4. The first-order chi connectivity index (χ1) is 18.0. The van der Waals surface area contributed by atoms with Crippen molar-refractivity contribution >= 4 is 28.7 Å². The summed E-state index contributed by atoms with van der Waals surface area (Å²) in [4.78, 5) is 35.2. The van der Waals surface area contributed by atoms with Crippen LogP contribution < -0.4 is 5.32 Å². The van der Waals surface area contributed by atoms with E-state index in [4.69, 9.17) is 14.2 Å². The zero-order valence-corrected chi connectivity index (χ0v) is 20.3. The van der Waals surface area contributed by atoms with Gasteiger partial charge in [0.05, 0.1) is 29.4 Å². The number of carbonyl (C=O) groups is 2. The van der Waals surface area contributed by atoms with E-state index in [2.05, 4.69) is 20.6 Å². The van der Waals surface area contributed by atoms with Crippen molar-refractivity contribution in [1.29, 1.82) is 0 Å². The van der Waals surface area contributed by atoms with Gasteiger partial charge < -0.3 is 14.6 Å². The Morgan fingerprint density at radius 2 is 1.95 bits per heavy atom. The van der Waals surface area contributed by atoms with Gasteiger partial charge in [0.25, 0.3) is 5.91 Å². The first-order valence-electron chi connectivity index (χ1n) is 11.8. The third-order valence-electron chi connectivity index (χ3n) is 5.75. The lowest BCUT2D eigenvalue weighted by Crippen LogP contribution is -2.32. The SMILES string of the molecule is CC[C@@H](OC(=O)c1cc(-c2ccccc2)nc2c1cnn2Cc1cccnc1)C(=O)Nc1cc(C)on1. The van der Waals surface area contributed by atoms with E-state index < -0.39 is 18.0 Å². The molecular weight excluding hydrogens is 472 g/mol. The van der Waals surface area contributed by atoms with Gasteiger partial charge in [0, 0.05) is 24.0 Å². The molecule has 0 aliphatic heterocycles. The van der Waals surface area contributed by atoms with Crippen molar-refractivity contribution in [2.45, 2.75) is 32.9 Å². The number of fused-ring (bicyclic) bond motifs is 1. The molecule has 0 unspecified atom stereocenters. The highest BCUT2D eigenvalue weighted by Gasteiger charge is 2.26. The van der Waals surface area contributed by atoms with Crippen molar-refractivity contribution in [1.82, 2.24) is 24.9 Å². The van der Waals surface area contributed by atoms with Crippen molar-refractivity contribution in [3.05, 3.63) is 90.1 Å². The molecule has 0 aliphatic rings. The Morgan fingerprint density at radius 1 is 1.11 bits per heavy atom. The van der Waals surface area contributed by atoms with E-state index in [0.29, 0.717) is 29.0 Å². The predicted octanol–water partition coefficient (Wildman–Crippen LogP) is 4.41. The summed E-state index contributed by atoms with van der Waals surface area (Å²) in [5, 5.41) is 11.4. The average molecular weight is 497 g/mol. The lowest BCUT2D eigenvalue weighted by atomic mass is 10.1. The van der Waals surface area contributed by atoms with Gasteiger partial charge >= 0.3 is 5.97 Å². The van der Waals surface area contributed by atoms with E-state index in [1.165, 1.54) is 0 Å². The lowest BCUT2D eigenvalue weighted by Gasteiger charge is -2.16. The fourth-order valence-electron chi connectivity index (χ4n) is 3.90. The number of nitrogens with one attached hydrogen (secondary N) is 1. The Morgan fingerprint density at radius 3 is 2.65 bits per heavy atom. The zero-order chi connectivity index (χ0) is 25.8. The average Bonchev–Trinajstić information content (AvgIpc) is 3.53. The highest BCUT2D eigenvalue weighted by atomic mass is 16.5. The van der Waals surface area contributed by atoms with E-state index in [-0.39, 0.29) is 17.8 Å². The molecule has 1 amide bonds. The molecule has 0 spiro atoms. The highest BCUT2D eigenvalue weighted by molar-refractivity contribution is 6.05. The summed E-state index contributed by atoms with van der Waals surface area (Å²) in [5.41, 5.74) is 3.15. The predicted molar refractivity (Wildman–Crippen MR) is 136 cm³/mol. The van der Waals surface area contributed by atoms with E-state index in [0.717, 1.165) is 11.1 Å². The van der Waals surface area contributed by atoms with Gasteiger partial charge in [-0.1, -0.05) is 48.5 Å². The monoisotopic (exact) mass is 496 g/mol. The van der Waals surface area contributed by atoms with Gasteiger partial charge in [0.2, 0.25) is 0 Å². The Hall–Kier alpha value is -4.86. The molecule has 0 saturated heterocycles. The maximum atomic E-state index is 13.4. The summed E-state index contributed by atoms with van der Waals surface area (Å²) in [6.45, 7) is 3.90. The Bertz CT molecular complexity index is 1550. The van der Waals surface area contributed by atoms with Gasteiger partial charge in [-0.3, -0.25) is 9.78 Å². The Kier molecular flexibility index (Phi) is 6.71. The fraction of sp³-hybridized carbons (Fsp3) is 0.185. The van der Waals surface area contributed by atoms with Crippen LogP contribution in [0.3, 0.4) is 0 Å². The molecule has 1 N–H and O–H groups in total. The summed E-state index contributed by atoms with van der Waals surface area (Å²) >= 11 is 0. The molecule has 4 heterocycles. The molecule has 1 aromatic carbocycles. The number of aryl methyl sites for hydroxylation is 1. The minimum Gasteiger partial charge on any atom is -0.449 e. The number of amides is 1. The van der Waals surface area contributed by atoms with Gasteiger partial charge in [-0.25, -0.2) is 14.5 Å². The maximum Gasteiger partial charge on any atom is 0.339 e. The second-order valence-electron chi connectivity index (χ2n) is 8.44. The van der Waals surface area contributed by atoms with E-state index in [9.17, 15) is 9.59 Å². The second kappa shape index (κ2) is 10.4. The van der Waals surface area contributed by atoms with Crippen LogP contribution in [0.25, 0.3) is 22.3 Å². The first kappa shape index (κ1) is 23.9. The van der Waals surface area contributed by atoms with Crippen molar-refractivity contribution in [2.75, 3.05) is 5.32 Å². The number of benzene rings is 1. The van der Waals surface area contributed by atoms with Gasteiger partial charge in [-0.2, -0.15) is 5.10 Å². The Balaban J connectivity index is 1.49. The fourth-order valence-corrected chi connectivity index (χ4v) is 3.90. The van der Waals surface area contributed by atoms with Crippen LogP contribution in [0.2, 0.25) is 0 Å². The van der Waals surface area contributed by atoms with Gasteiger partial charge in [0.15, 0.2) is 17.6 Å². The molecule has 4 aromatic heterocycles. The molecule has 5 rings (SSSR count). The minimum atomic E-state index is -1.03. The third-order valence-corrected chi connectivity index (χ3v) is 5.75. The highest BCUT2D eigenvalue weighted by Crippen LogP contribution is 2.26. The van der Waals surface area contributed by atoms with E-state index >= 15 is 0 Å². The molecule has 0 saturated carbocycles. The molecule has 0 radical (unpaired) electrons. The minimum absolute atomic E-state index is 0.256. The van der Waals surface area contributed by atoms with Crippen molar-refractivity contribution in [3.8, 4) is 11.3 Å². The summed E-state index contributed by atoms with van der Waals surface area (Å²) < 4.78 is 12.4. The summed E-state index contributed by atoms with van der Waals surface area (Å²) in [7, 11) is 0. The molecule has 10 heteroatoms. The van der Waals surface area contributed by atoms with Crippen LogP contribution in [-0.2, 0) is 16.1 Å². The van der Waals surface area contributed by atoms with Gasteiger partial charge in [-0.05, 0) is 31.0 Å². The molecule has 0 aliphatic carbocycles. The number of hydrogen-bond acceptors (Lipinski definition) is 8. The van der Waals surface area contributed by atoms with Crippen molar-refractivity contribution in [3.63, 3.8) is 0 Å². The smallest absolute Gasteiger partial charge is 0.339 e. The Labute approximate surface area is 212 Å². The quantitative estimate of drug-likeness (QED) is 0.313. The van der Waals surface area contributed by atoms with Crippen LogP contribution in [0.15, 0.2) is 77.7 Å². The number of anilines is 1. The molecule has 10 nitrogen and oxygen atoms in total. The first-order valence-corrected chi connectivity index (χ1v) is 11.8. The van der Waals surface area contributed by atoms with Crippen LogP contribution in [0, 0.1) is 6.92 Å². The molecule has 186 valence electrons. The maximum absolute atomic E-state index is 13.4. The second-order valence-corrected chi connectivity index (χ2v) is 8.44. The van der Waals surface area contributed by atoms with Crippen molar-refractivity contribution < 1.29 is 18.8 Å². The number of aromatic nitrogens is 5. The zero-order valence-electron chi connectivity index (χ0n) is 20.3. The van der Waals surface area contributed by atoms with E-state index in [1.54, 1.807) is 49.3 Å². The topological polar surface area (TPSA) is 125 Å². The lowest BCUT2D eigenvalue weighted by molar-refractivity contribution is -0.124. The molecule has 37 heavy (non-hydrogen) atoms.